The van der Waals surface area contributed by atoms with Crippen molar-refractivity contribution in [1.29, 1.82) is 0 Å². The Morgan fingerprint density at radius 1 is 1.10 bits per heavy atom. The smallest absolute Gasteiger partial charge is 0.403 e. The molecule has 0 bridgehead atoms. The van der Waals surface area contributed by atoms with Gasteiger partial charge < -0.3 is 14.2 Å². The van der Waals surface area contributed by atoms with E-state index in [-0.39, 0.29) is 30.3 Å². The molecular formula is C13H15ClO6. The Hall–Kier alpha value is -1.82. The average Bonchev–Trinajstić information content (AvgIpc) is 2.41. The molecule has 0 saturated heterocycles. The van der Waals surface area contributed by atoms with Crippen molar-refractivity contribution in [2.45, 2.75) is 19.8 Å². The molecule has 110 valence electrons. The summed E-state index contributed by atoms with van der Waals surface area (Å²) < 4.78 is 14.4. The Bertz CT molecular complexity index is 503. The minimum Gasteiger partial charge on any atom is -0.489 e. The van der Waals surface area contributed by atoms with Crippen molar-refractivity contribution >= 4 is 28.6 Å². The molecule has 0 aromatic heterocycles. The number of carbonyl (C=O) groups is 3. The van der Waals surface area contributed by atoms with E-state index in [2.05, 4.69) is 4.74 Å². The lowest BCUT2D eigenvalue weighted by atomic mass is 9.90. The van der Waals surface area contributed by atoms with Gasteiger partial charge in [0.25, 0.3) is 0 Å². The maximum absolute atomic E-state index is 12.2. The molecule has 0 heterocycles. The van der Waals surface area contributed by atoms with Gasteiger partial charge in [0.05, 0.1) is 20.8 Å². The molecule has 0 aliphatic heterocycles. The molecule has 0 saturated carbocycles. The van der Waals surface area contributed by atoms with Gasteiger partial charge in [-0.3, -0.25) is 9.59 Å². The zero-order valence-corrected chi connectivity index (χ0v) is 12.2. The maximum Gasteiger partial charge on any atom is 0.403 e. The second kappa shape index (κ2) is 7.09. The van der Waals surface area contributed by atoms with E-state index in [9.17, 15) is 14.4 Å². The highest BCUT2D eigenvalue weighted by atomic mass is 35.5. The summed E-state index contributed by atoms with van der Waals surface area (Å²) in [6.45, 7) is 1.62. The normalized spacial score (nSPS) is 15.6. The third kappa shape index (κ3) is 3.39. The van der Waals surface area contributed by atoms with Gasteiger partial charge in [-0.05, 0) is 19.8 Å². The summed E-state index contributed by atoms with van der Waals surface area (Å²) in [6.07, 6.45) is 0.661. The molecule has 0 atom stereocenters. The van der Waals surface area contributed by atoms with Crippen LogP contribution in [0.5, 0.6) is 0 Å². The van der Waals surface area contributed by atoms with Gasteiger partial charge in [0.1, 0.15) is 0 Å². The fraction of sp³-hybridized carbons (Fsp3) is 0.462. The summed E-state index contributed by atoms with van der Waals surface area (Å²) in [6, 6.07) is 0. The molecule has 1 aliphatic rings. The van der Waals surface area contributed by atoms with E-state index in [1.54, 1.807) is 6.92 Å². The SMILES string of the molecule is COC1=C(OC)C(=O)C(CCCOC(=O)Cl)=C(C)C1=O. The van der Waals surface area contributed by atoms with Gasteiger partial charge in [0, 0.05) is 22.7 Å². The topological polar surface area (TPSA) is 78.9 Å². The molecular weight excluding hydrogens is 288 g/mol. The van der Waals surface area contributed by atoms with Crippen LogP contribution in [0.2, 0.25) is 0 Å². The van der Waals surface area contributed by atoms with E-state index >= 15 is 0 Å². The van der Waals surface area contributed by atoms with E-state index in [0.29, 0.717) is 17.6 Å². The predicted molar refractivity (Wildman–Crippen MR) is 70.2 cm³/mol. The van der Waals surface area contributed by atoms with Crippen molar-refractivity contribution in [3.63, 3.8) is 0 Å². The molecule has 0 aromatic carbocycles. The first-order valence-electron chi connectivity index (χ1n) is 5.87. The van der Waals surface area contributed by atoms with Crippen molar-refractivity contribution in [3.05, 3.63) is 22.7 Å². The third-order valence-electron chi connectivity index (χ3n) is 2.88. The van der Waals surface area contributed by atoms with Crippen molar-refractivity contribution < 1.29 is 28.6 Å². The molecule has 0 fully saturated rings. The quantitative estimate of drug-likeness (QED) is 0.425. The number of ketones is 2. The molecule has 6 nitrogen and oxygen atoms in total. The lowest BCUT2D eigenvalue weighted by molar-refractivity contribution is -0.121. The number of methoxy groups -OCH3 is 2. The Morgan fingerprint density at radius 2 is 1.65 bits per heavy atom. The predicted octanol–water partition coefficient (Wildman–Crippen LogP) is 2.11. The number of Topliss-reactive ketones (excluding diaryl/α,β-unsaturated/α-hetero) is 2. The van der Waals surface area contributed by atoms with Gasteiger partial charge in [-0.15, -0.1) is 0 Å². The summed E-state index contributed by atoms with van der Waals surface area (Å²) in [5.41, 5.74) is -0.260. The molecule has 1 rings (SSSR count). The summed E-state index contributed by atoms with van der Waals surface area (Å²) in [7, 11) is 2.60. The molecule has 0 radical (unpaired) electrons. The number of hydrogen-bond donors (Lipinski definition) is 0. The molecule has 0 N–H and O–H groups in total. The summed E-state index contributed by atoms with van der Waals surface area (Å²) in [5.74, 6) is -0.967. The van der Waals surface area contributed by atoms with Crippen LogP contribution in [-0.4, -0.2) is 37.8 Å². The molecule has 0 unspecified atom stereocenters. The van der Waals surface area contributed by atoms with E-state index < -0.39 is 11.2 Å². The highest BCUT2D eigenvalue weighted by Gasteiger charge is 2.34. The number of halogens is 1. The van der Waals surface area contributed by atoms with Gasteiger partial charge in [-0.2, -0.15) is 0 Å². The van der Waals surface area contributed by atoms with Crippen LogP contribution in [0.1, 0.15) is 19.8 Å². The summed E-state index contributed by atoms with van der Waals surface area (Å²) in [5, 5.41) is 0. The van der Waals surface area contributed by atoms with E-state index in [0.717, 1.165) is 0 Å². The Balaban J connectivity index is 2.86. The number of carbonyl (C=O) groups excluding carboxylic acids is 3. The fourth-order valence-electron chi connectivity index (χ4n) is 1.89. The second-order valence-corrected chi connectivity index (χ2v) is 4.33. The Kier molecular flexibility index (Phi) is 5.76. The molecule has 20 heavy (non-hydrogen) atoms. The van der Waals surface area contributed by atoms with Gasteiger partial charge in [0.2, 0.25) is 23.1 Å². The highest BCUT2D eigenvalue weighted by molar-refractivity contribution is 6.61. The van der Waals surface area contributed by atoms with E-state index in [4.69, 9.17) is 21.1 Å². The van der Waals surface area contributed by atoms with Crippen molar-refractivity contribution in [2.24, 2.45) is 0 Å². The molecule has 7 heteroatoms. The van der Waals surface area contributed by atoms with E-state index in [1.807, 2.05) is 0 Å². The third-order valence-corrected chi connectivity index (χ3v) is 2.99. The van der Waals surface area contributed by atoms with Gasteiger partial charge in [-0.1, -0.05) is 0 Å². The first kappa shape index (κ1) is 16.2. The first-order valence-corrected chi connectivity index (χ1v) is 6.25. The van der Waals surface area contributed by atoms with Crippen LogP contribution in [0.15, 0.2) is 22.7 Å². The van der Waals surface area contributed by atoms with Crippen molar-refractivity contribution in [2.75, 3.05) is 20.8 Å². The zero-order chi connectivity index (χ0) is 15.3. The first-order chi connectivity index (χ1) is 9.43. The summed E-state index contributed by atoms with van der Waals surface area (Å²) in [4.78, 5) is 34.7. The standard InChI is InChI=1S/C13H15ClO6/c1-7-8(5-4-6-20-13(14)17)10(16)12(19-3)11(18-2)9(7)15/h4-6H2,1-3H3. The van der Waals surface area contributed by atoms with Crippen LogP contribution in [0, 0.1) is 0 Å². The van der Waals surface area contributed by atoms with Crippen LogP contribution in [0.25, 0.3) is 0 Å². The highest BCUT2D eigenvalue weighted by Crippen LogP contribution is 2.28. The maximum atomic E-state index is 12.2. The second-order valence-electron chi connectivity index (χ2n) is 4.02. The van der Waals surface area contributed by atoms with Crippen molar-refractivity contribution in [1.82, 2.24) is 0 Å². The van der Waals surface area contributed by atoms with Crippen LogP contribution in [-0.2, 0) is 23.8 Å². The van der Waals surface area contributed by atoms with Gasteiger partial charge in [0.15, 0.2) is 0 Å². The lowest BCUT2D eigenvalue weighted by Gasteiger charge is -2.20. The Morgan fingerprint density at radius 3 is 2.15 bits per heavy atom. The van der Waals surface area contributed by atoms with Crippen LogP contribution < -0.4 is 0 Å². The van der Waals surface area contributed by atoms with Crippen LogP contribution in [0.4, 0.5) is 4.79 Å². The van der Waals surface area contributed by atoms with Crippen molar-refractivity contribution in [3.8, 4) is 0 Å². The largest absolute Gasteiger partial charge is 0.489 e. The van der Waals surface area contributed by atoms with Gasteiger partial charge >= 0.3 is 5.43 Å². The van der Waals surface area contributed by atoms with Crippen LogP contribution in [0.3, 0.4) is 0 Å². The molecule has 0 spiro atoms. The zero-order valence-electron chi connectivity index (χ0n) is 11.4. The lowest BCUT2D eigenvalue weighted by Crippen LogP contribution is -2.25. The summed E-state index contributed by atoms with van der Waals surface area (Å²) >= 11 is 5.03. The number of rotatable bonds is 6. The number of hydrogen-bond acceptors (Lipinski definition) is 6. The fourth-order valence-corrected chi connectivity index (χ4v) is 1.97. The minimum absolute atomic E-state index is 0.0732. The van der Waals surface area contributed by atoms with E-state index in [1.165, 1.54) is 14.2 Å². The minimum atomic E-state index is -0.902. The number of ether oxygens (including phenoxy) is 3. The Labute approximate surface area is 121 Å². The molecule has 0 aromatic rings. The van der Waals surface area contributed by atoms with Crippen LogP contribution >= 0.6 is 11.6 Å². The van der Waals surface area contributed by atoms with Gasteiger partial charge in [-0.25, -0.2) is 4.79 Å². The average molecular weight is 303 g/mol. The monoisotopic (exact) mass is 302 g/mol. The molecule has 0 amide bonds. The number of allylic oxidation sites excluding steroid dienone is 2. The molecule has 1 aliphatic carbocycles.